The number of phenols is 1. The Morgan fingerprint density at radius 3 is 2.67 bits per heavy atom. The topological polar surface area (TPSA) is 99.8 Å². The first-order valence-corrected chi connectivity index (χ1v) is 8.74. The van der Waals surface area contributed by atoms with Crippen LogP contribution >= 0.6 is 0 Å². The highest BCUT2D eigenvalue weighted by Gasteiger charge is 2.18. The fourth-order valence-corrected chi connectivity index (χ4v) is 2.79. The zero-order valence-corrected chi connectivity index (χ0v) is 15.2. The molecule has 0 unspecified atom stereocenters. The van der Waals surface area contributed by atoms with Gasteiger partial charge in [-0.3, -0.25) is 4.79 Å². The van der Waals surface area contributed by atoms with Crippen LogP contribution in [0.15, 0.2) is 51.7 Å². The molecule has 140 valence electrons. The molecule has 3 N–H and O–H groups in total. The molecule has 27 heavy (non-hydrogen) atoms. The minimum absolute atomic E-state index is 0.0335. The van der Waals surface area contributed by atoms with Gasteiger partial charge in [-0.2, -0.15) is 0 Å². The summed E-state index contributed by atoms with van der Waals surface area (Å²) in [5, 5.41) is 22.5. The maximum absolute atomic E-state index is 12.6. The third kappa shape index (κ3) is 4.11. The minimum atomic E-state index is -0.894. The van der Waals surface area contributed by atoms with E-state index in [1.165, 1.54) is 18.2 Å². The van der Waals surface area contributed by atoms with Gasteiger partial charge in [0.25, 0.3) is 5.91 Å². The van der Waals surface area contributed by atoms with E-state index in [1.54, 1.807) is 18.2 Å². The lowest BCUT2D eigenvalue weighted by Crippen LogP contribution is -2.18. The highest BCUT2D eigenvalue weighted by Crippen LogP contribution is 2.31. The fourth-order valence-electron chi connectivity index (χ4n) is 2.79. The van der Waals surface area contributed by atoms with Crippen molar-refractivity contribution in [2.45, 2.75) is 26.7 Å². The molecule has 6 nitrogen and oxygen atoms in total. The zero-order chi connectivity index (χ0) is 19.6. The number of fused-ring (bicyclic) bond motifs is 1. The molecule has 0 fully saturated rings. The predicted molar refractivity (Wildman–Crippen MR) is 103 cm³/mol. The minimum Gasteiger partial charge on any atom is -0.508 e. The monoisotopic (exact) mass is 367 g/mol. The van der Waals surface area contributed by atoms with Gasteiger partial charge in [-0.1, -0.05) is 26.0 Å². The van der Waals surface area contributed by atoms with Gasteiger partial charge in [0.05, 0.1) is 5.39 Å². The standard InChI is InChI=1S/C21H21NO5/c1-12(2)6-7-13-4-3-5-14(10-13)20(25)22-18-19(24)16-9-8-15(23)11-17(16)27-21(18)26/h3-5,8-12,23-24H,6-7H2,1-2H3,(H,22,25). The Morgan fingerprint density at radius 1 is 1.15 bits per heavy atom. The summed E-state index contributed by atoms with van der Waals surface area (Å²) in [7, 11) is 0. The quantitative estimate of drug-likeness (QED) is 0.591. The Hall–Kier alpha value is -3.28. The van der Waals surface area contributed by atoms with Crippen molar-refractivity contribution in [1.29, 1.82) is 0 Å². The van der Waals surface area contributed by atoms with E-state index in [0.29, 0.717) is 11.5 Å². The molecular weight excluding hydrogens is 346 g/mol. The summed E-state index contributed by atoms with van der Waals surface area (Å²) in [6.07, 6.45) is 1.86. The Bertz CT molecular complexity index is 1050. The van der Waals surface area contributed by atoms with Crippen molar-refractivity contribution in [2.24, 2.45) is 5.92 Å². The van der Waals surface area contributed by atoms with Crippen LogP contribution in [-0.2, 0) is 6.42 Å². The van der Waals surface area contributed by atoms with Crippen molar-refractivity contribution in [2.75, 3.05) is 5.32 Å². The third-order valence-corrected chi connectivity index (χ3v) is 4.30. The molecule has 0 bridgehead atoms. The Kier molecular flexibility index (Phi) is 5.16. The van der Waals surface area contributed by atoms with Crippen LogP contribution in [0.2, 0.25) is 0 Å². The molecule has 0 spiro atoms. The summed E-state index contributed by atoms with van der Waals surface area (Å²) >= 11 is 0. The van der Waals surface area contributed by atoms with E-state index in [0.717, 1.165) is 18.4 Å². The number of carbonyl (C=O) groups is 1. The van der Waals surface area contributed by atoms with Crippen LogP contribution in [0.5, 0.6) is 11.5 Å². The van der Waals surface area contributed by atoms with Crippen LogP contribution in [0.3, 0.4) is 0 Å². The van der Waals surface area contributed by atoms with Gasteiger partial charge in [-0.15, -0.1) is 0 Å². The van der Waals surface area contributed by atoms with E-state index in [-0.39, 0.29) is 22.4 Å². The summed E-state index contributed by atoms with van der Waals surface area (Å²) < 4.78 is 5.09. The molecule has 0 saturated carbocycles. The lowest BCUT2D eigenvalue weighted by Gasteiger charge is -2.10. The van der Waals surface area contributed by atoms with Crippen molar-refractivity contribution in [3.8, 4) is 11.5 Å². The lowest BCUT2D eigenvalue weighted by atomic mass is 10.0. The number of carbonyl (C=O) groups excluding carboxylic acids is 1. The molecule has 0 saturated heterocycles. The molecule has 0 aliphatic rings. The smallest absolute Gasteiger partial charge is 0.364 e. The number of benzene rings is 2. The Morgan fingerprint density at radius 2 is 1.93 bits per heavy atom. The van der Waals surface area contributed by atoms with Gasteiger partial charge in [0, 0.05) is 11.6 Å². The summed E-state index contributed by atoms with van der Waals surface area (Å²) in [6, 6.07) is 11.1. The first kappa shape index (κ1) is 18.5. The highest BCUT2D eigenvalue weighted by molar-refractivity contribution is 6.06. The molecule has 1 heterocycles. The maximum Gasteiger partial charge on any atom is 0.364 e. The second kappa shape index (κ2) is 7.53. The van der Waals surface area contributed by atoms with Gasteiger partial charge in [-0.05, 0) is 48.6 Å². The third-order valence-electron chi connectivity index (χ3n) is 4.30. The molecular formula is C21H21NO5. The van der Waals surface area contributed by atoms with Crippen molar-refractivity contribution >= 4 is 22.6 Å². The molecule has 3 aromatic rings. The van der Waals surface area contributed by atoms with E-state index in [2.05, 4.69) is 19.2 Å². The number of anilines is 1. The highest BCUT2D eigenvalue weighted by atomic mass is 16.4. The second-order valence-corrected chi connectivity index (χ2v) is 6.88. The zero-order valence-electron chi connectivity index (χ0n) is 15.2. The molecule has 1 amide bonds. The first-order chi connectivity index (χ1) is 12.8. The van der Waals surface area contributed by atoms with Crippen LogP contribution in [0.1, 0.15) is 36.2 Å². The summed E-state index contributed by atoms with van der Waals surface area (Å²) in [4.78, 5) is 24.7. The van der Waals surface area contributed by atoms with E-state index in [1.807, 2.05) is 6.07 Å². The Labute approximate surface area is 156 Å². The number of aromatic hydroxyl groups is 2. The average Bonchev–Trinajstić information content (AvgIpc) is 2.63. The van der Waals surface area contributed by atoms with Crippen LogP contribution in [0, 0.1) is 5.92 Å². The van der Waals surface area contributed by atoms with Crippen LogP contribution in [0.25, 0.3) is 11.0 Å². The summed E-state index contributed by atoms with van der Waals surface area (Å²) in [5.41, 5.74) is 0.231. The largest absolute Gasteiger partial charge is 0.508 e. The van der Waals surface area contributed by atoms with Gasteiger partial charge in [0.1, 0.15) is 11.3 Å². The normalized spacial score (nSPS) is 11.1. The number of amides is 1. The van der Waals surface area contributed by atoms with Gasteiger partial charge >= 0.3 is 5.63 Å². The maximum atomic E-state index is 12.6. The lowest BCUT2D eigenvalue weighted by molar-refractivity contribution is 0.102. The van der Waals surface area contributed by atoms with Gasteiger partial charge in [0.2, 0.25) is 0 Å². The number of phenolic OH excluding ortho intramolecular Hbond substituents is 1. The van der Waals surface area contributed by atoms with Crippen molar-refractivity contribution in [1.82, 2.24) is 0 Å². The Balaban J connectivity index is 1.89. The molecule has 0 aliphatic carbocycles. The molecule has 0 atom stereocenters. The SMILES string of the molecule is CC(C)CCc1cccc(C(=O)Nc2c(O)c3ccc(O)cc3oc2=O)c1. The van der Waals surface area contributed by atoms with E-state index >= 15 is 0 Å². The number of rotatable bonds is 5. The molecule has 2 aromatic carbocycles. The van der Waals surface area contributed by atoms with E-state index < -0.39 is 17.3 Å². The summed E-state index contributed by atoms with van der Waals surface area (Å²) in [5.74, 6) is -0.450. The molecule has 1 aromatic heterocycles. The number of aryl methyl sites for hydroxylation is 1. The molecule has 0 aliphatic heterocycles. The van der Waals surface area contributed by atoms with Crippen LogP contribution in [-0.4, -0.2) is 16.1 Å². The molecule has 3 rings (SSSR count). The van der Waals surface area contributed by atoms with E-state index in [4.69, 9.17) is 4.42 Å². The van der Waals surface area contributed by atoms with Crippen LogP contribution in [0.4, 0.5) is 5.69 Å². The molecule has 6 heteroatoms. The van der Waals surface area contributed by atoms with Crippen molar-refractivity contribution in [3.05, 3.63) is 64.0 Å². The fraction of sp³-hybridized carbons (Fsp3) is 0.238. The number of hydrogen-bond donors (Lipinski definition) is 3. The van der Waals surface area contributed by atoms with Gasteiger partial charge in [-0.25, -0.2) is 4.79 Å². The van der Waals surface area contributed by atoms with Gasteiger partial charge < -0.3 is 19.9 Å². The average molecular weight is 367 g/mol. The van der Waals surface area contributed by atoms with Gasteiger partial charge in [0.15, 0.2) is 11.4 Å². The molecule has 0 radical (unpaired) electrons. The van der Waals surface area contributed by atoms with E-state index in [9.17, 15) is 19.8 Å². The number of hydrogen-bond acceptors (Lipinski definition) is 5. The van der Waals surface area contributed by atoms with Crippen molar-refractivity contribution in [3.63, 3.8) is 0 Å². The van der Waals surface area contributed by atoms with Crippen molar-refractivity contribution < 1.29 is 19.4 Å². The summed E-state index contributed by atoms with van der Waals surface area (Å²) in [6.45, 7) is 4.27. The predicted octanol–water partition coefficient (Wildman–Crippen LogP) is 4.05. The second-order valence-electron chi connectivity index (χ2n) is 6.88. The van der Waals surface area contributed by atoms with Crippen LogP contribution < -0.4 is 10.9 Å². The number of nitrogens with one attached hydrogen (secondary N) is 1. The first-order valence-electron chi connectivity index (χ1n) is 8.74.